The van der Waals surface area contributed by atoms with Gasteiger partial charge in [0, 0.05) is 12.5 Å². The van der Waals surface area contributed by atoms with Crippen molar-refractivity contribution in [2.75, 3.05) is 5.32 Å². The number of aryl methyl sites for hydroxylation is 1. The van der Waals surface area contributed by atoms with Gasteiger partial charge in [-0.25, -0.2) is 9.97 Å². The van der Waals surface area contributed by atoms with E-state index in [1.54, 1.807) is 0 Å². The van der Waals surface area contributed by atoms with Crippen LogP contribution in [0.3, 0.4) is 0 Å². The van der Waals surface area contributed by atoms with Crippen LogP contribution < -0.4 is 5.32 Å². The van der Waals surface area contributed by atoms with E-state index in [4.69, 9.17) is 0 Å². The Hall–Kier alpha value is -2.23. The van der Waals surface area contributed by atoms with Gasteiger partial charge in [0.05, 0.1) is 4.92 Å². The molecule has 0 unspecified atom stereocenters. The largest absolute Gasteiger partial charge is 0.361 e. The molecule has 0 spiro atoms. The van der Waals surface area contributed by atoms with E-state index in [1.165, 1.54) is 18.0 Å². The molecule has 116 valence electrons. The van der Waals surface area contributed by atoms with Gasteiger partial charge in [-0.15, -0.1) is 5.10 Å². The molecule has 2 aromatic rings. The summed E-state index contributed by atoms with van der Waals surface area (Å²) < 4.78 is 0. The maximum absolute atomic E-state index is 11.0. The van der Waals surface area contributed by atoms with Gasteiger partial charge in [-0.1, -0.05) is 6.92 Å². The lowest BCUT2D eigenvalue weighted by Gasteiger charge is -2.05. The van der Waals surface area contributed by atoms with E-state index in [1.807, 2.05) is 0 Å². The molecule has 1 aliphatic rings. The number of nitro groups is 1. The highest BCUT2D eigenvalue weighted by Gasteiger charge is 2.26. The summed E-state index contributed by atoms with van der Waals surface area (Å²) in [6.45, 7) is 2.06. The molecule has 0 bridgehead atoms. The molecule has 0 aliphatic heterocycles. The van der Waals surface area contributed by atoms with Crippen LogP contribution in [0.2, 0.25) is 0 Å². The fourth-order valence-electron chi connectivity index (χ4n) is 1.82. The van der Waals surface area contributed by atoms with Gasteiger partial charge in [-0.05, 0) is 31.0 Å². The Labute approximate surface area is 130 Å². The minimum Gasteiger partial charge on any atom is -0.361 e. The maximum Gasteiger partial charge on any atom is 0.329 e. The lowest BCUT2D eigenvalue weighted by molar-refractivity contribution is -0.384. The first-order chi connectivity index (χ1) is 10.7. The number of H-pyrrole nitrogens is 1. The van der Waals surface area contributed by atoms with Crippen LogP contribution >= 0.6 is 11.8 Å². The number of aromatic amines is 1. The fraction of sp³-hybridized carbons (Fsp3) is 0.500. The first-order valence-corrected chi connectivity index (χ1v) is 7.84. The zero-order valence-electron chi connectivity index (χ0n) is 11.9. The molecular formula is C12H15N7O2S. The normalized spacial score (nSPS) is 14.0. The SMILES string of the molecule is CCCc1nc(Sc2ncc([N+](=O)[O-])c(NC3CC3)n2)n[nH]1. The Balaban J connectivity index is 1.78. The van der Waals surface area contributed by atoms with Crippen LogP contribution in [0, 0.1) is 10.1 Å². The van der Waals surface area contributed by atoms with Gasteiger partial charge in [-0.2, -0.15) is 4.98 Å². The number of anilines is 1. The first kappa shape index (κ1) is 14.7. The molecule has 0 atom stereocenters. The van der Waals surface area contributed by atoms with Crippen LogP contribution in [-0.2, 0) is 6.42 Å². The molecule has 10 heteroatoms. The second-order valence-electron chi connectivity index (χ2n) is 4.98. The van der Waals surface area contributed by atoms with Crippen molar-refractivity contribution in [1.82, 2.24) is 25.1 Å². The molecule has 0 amide bonds. The number of nitrogens with zero attached hydrogens (tertiary/aromatic N) is 5. The van der Waals surface area contributed by atoms with Crippen LogP contribution in [0.4, 0.5) is 11.5 Å². The summed E-state index contributed by atoms with van der Waals surface area (Å²) in [6.07, 6.45) is 5.03. The van der Waals surface area contributed by atoms with E-state index in [9.17, 15) is 10.1 Å². The Morgan fingerprint density at radius 2 is 2.27 bits per heavy atom. The second kappa shape index (κ2) is 6.26. The molecule has 2 heterocycles. The summed E-state index contributed by atoms with van der Waals surface area (Å²) in [7, 11) is 0. The summed E-state index contributed by atoms with van der Waals surface area (Å²) in [4.78, 5) is 23.1. The molecule has 1 fully saturated rings. The third-order valence-electron chi connectivity index (χ3n) is 3.04. The van der Waals surface area contributed by atoms with Gasteiger partial charge >= 0.3 is 5.69 Å². The molecule has 9 nitrogen and oxygen atoms in total. The smallest absolute Gasteiger partial charge is 0.329 e. The van der Waals surface area contributed by atoms with Gasteiger partial charge in [0.2, 0.25) is 11.0 Å². The van der Waals surface area contributed by atoms with Crippen LogP contribution in [0.25, 0.3) is 0 Å². The Morgan fingerprint density at radius 3 is 2.95 bits per heavy atom. The quantitative estimate of drug-likeness (QED) is 0.452. The van der Waals surface area contributed by atoms with Crippen molar-refractivity contribution in [2.45, 2.75) is 49.0 Å². The van der Waals surface area contributed by atoms with E-state index < -0.39 is 4.92 Å². The first-order valence-electron chi connectivity index (χ1n) is 7.02. The molecule has 0 aromatic carbocycles. The molecule has 3 rings (SSSR count). The van der Waals surface area contributed by atoms with Crippen LogP contribution in [0.5, 0.6) is 0 Å². The Kier molecular flexibility index (Phi) is 4.18. The molecule has 1 aliphatic carbocycles. The van der Waals surface area contributed by atoms with Gasteiger partial charge in [0.1, 0.15) is 12.0 Å². The van der Waals surface area contributed by atoms with E-state index in [2.05, 4.69) is 37.4 Å². The van der Waals surface area contributed by atoms with Crippen molar-refractivity contribution in [3.8, 4) is 0 Å². The molecule has 0 saturated heterocycles. The third kappa shape index (κ3) is 3.50. The minimum absolute atomic E-state index is 0.113. The molecule has 0 radical (unpaired) electrons. The average molecular weight is 321 g/mol. The van der Waals surface area contributed by atoms with Gasteiger partial charge in [0.25, 0.3) is 0 Å². The molecule has 1 saturated carbocycles. The van der Waals surface area contributed by atoms with Crippen molar-refractivity contribution >= 4 is 23.3 Å². The number of rotatable bonds is 7. The highest BCUT2D eigenvalue weighted by Crippen LogP contribution is 2.31. The number of nitrogens with one attached hydrogen (secondary N) is 2. The van der Waals surface area contributed by atoms with E-state index in [0.717, 1.165) is 31.5 Å². The Bertz CT molecular complexity index is 686. The van der Waals surface area contributed by atoms with E-state index in [0.29, 0.717) is 10.3 Å². The van der Waals surface area contributed by atoms with Gasteiger partial charge < -0.3 is 5.32 Å². The number of hydrogen-bond acceptors (Lipinski definition) is 8. The maximum atomic E-state index is 11.0. The van der Waals surface area contributed by atoms with Crippen molar-refractivity contribution in [1.29, 1.82) is 0 Å². The van der Waals surface area contributed by atoms with Crippen molar-refractivity contribution in [2.24, 2.45) is 0 Å². The molecule has 2 N–H and O–H groups in total. The second-order valence-corrected chi connectivity index (χ2v) is 5.91. The fourth-order valence-corrected chi connectivity index (χ4v) is 2.48. The predicted molar refractivity (Wildman–Crippen MR) is 79.8 cm³/mol. The van der Waals surface area contributed by atoms with Crippen LogP contribution in [-0.4, -0.2) is 36.1 Å². The lowest BCUT2D eigenvalue weighted by Crippen LogP contribution is -2.07. The minimum atomic E-state index is -0.481. The summed E-state index contributed by atoms with van der Waals surface area (Å²) in [5.41, 5.74) is -0.113. The monoisotopic (exact) mass is 321 g/mol. The zero-order chi connectivity index (χ0) is 15.5. The summed E-state index contributed by atoms with van der Waals surface area (Å²) in [5, 5.41) is 21.9. The highest BCUT2D eigenvalue weighted by molar-refractivity contribution is 7.99. The Morgan fingerprint density at radius 1 is 1.45 bits per heavy atom. The topological polar surface area (TPSA) is 123 Å². The number of aromatic nitrogens is 5. The summed E-state index contributed by atoms with van der Waals surface area (Å²) in [5.74, 6) is 1.07. The van der Waals surface area contributed by atoms with Gasteiger partial charge in [-0.3, -0.25) is 15.2 Å². The third-order valence-corrected chi connectivity index (χ3v) is 3.79. The van der Waals surface area contributed by atoms with Crippen molar-refractivity contribution in [3.63, 3.8) is 0 Å². The standard InChI is InChI=1S/C12H15N7O2S/c1-2-3-9-15-12(18-17-9)22-11-13-6-8(19(20)21)10(16-11)14-7-4-5-7/h6-7H,2-5H2,1H3,(H,13,14,16)(H,15,17,18). The molecule has 2 aromatic heterocycles. The number of hydrogen-bond donors (Lipinski definition) is 2. The van der Waals surface area contributed by atoms with E-state index >= 15 is 0 Å². The molecular weight excluding hydrogens is 306 g/mol. The summed E-state index contributed by atoms with van der Waals surface area (Å²) >= 11 is 1.18. The van der Waals surface area contributed by atoms with Crippen molar-refractivity contribution in [3.05, 3.63) is 22.1 Å². The van der Waals surface area contributed by atoms with E-state index in [-0.39, 0.29) is 17.5 Å². The lowest BCUT2D eigenvalue weighted by atomic mass is 10.3. The van der Waals surface area contributed by atoms with Crippen LogP contribution in [0.15, 0.2) is 16.5 Å². The average Bonchev–Trinajstić information content (AvgIpc) is 3.18. The van der Waals surface area contributed by atoms with Crippen LogP contribution in [0.1, 0.15) is 32.0 Å². The highest BCUT2D eigenvalue weighted by atomic mass is 32.2. The van der Waals surface area contributed by atoms with Crippen molar-refractivity contribution < 1.29 is 4.92 Å². The van der Waals surface area contributed by atoms with Gasteiger partial charge in [0.15, 0.2) is 5.16 Å². The summed E-state index contributed by atoms with van der Waals surface area (Å²) in [6, 6.07) is 0.270. The predicted octanol–water partition coefficient (Wildman–Crippen LogP) is 2.18. The zero-order valence-corrected chi connectivity index (χ0v) is 12.8. The molecule has 22 heavy (non-hydrogen) atoms.